The highest BCUT2D eigenvalue weighted by Gasteiger charge is 2.18. The molecule has 4 aromatic heterocycles. The van der Waals surface area contributed by atoms with Gasteiger partial charge in [0.05, 0.1) is 41.7 Å². The summed E-state index contributed by atoms with van der Waals surface area (Å²) < 4.78 is 35.8. The van der Waals surface area contributed by atoms with Crippen molar-refractivity contribution in [3.63, 3.8) is 0 Å². The molecule has 1 aliphatic rings. The fourth-order valence-electron chi connectivity index (χ4n) is 5.19. The van der Waals surface area contributed by atoms with Crippen molar-refractivity contribution in [2.75, 3.05) is 30.3 Å². The molecule has 0 spiro atoms. The van der Waals surface area contributed by atoms with Gasteiger partial charge >= 0.3 is 0 Å². The van der Waals surface area contributed by atoms with Crippen molar-refractivity contribution < 1.29 is 8.78 Å². The zero-order chi connectivity index (χ0) is 27.6. The van der Waals surface area contributed by atoms with Crippen LogP contribution in [0.3, 0.4) is 0 Å². The zero-order valence-corrected chi connectivity index (χ0v) is 23.3. The maximum absolute atomic E-state index is 13.9. The van der Waals surface area contributed by atoms with E-state index in [1.807, 2.05) is 23.7 Å². The zero-order valence-electron chi connectivity index (χ0n) is 22.4. The third-order valence-corrected chi connectivity index (χ3v) is 7.82. The van der Waals surface area contributed by atoms with Gasteiger partial charge in [-0.3, -0.25) is 14.0 Å². The van der Waals surface area contributed by atoms with Crippen molar-refractivity contribution in [2.24, 2.45) is 5.92 Å². The van der Waals surface area contributed by atoms with Crippen LogP contribution in [0.1, 0.15) is 31.2 Å². The van der Waals surface area contributed by atoms with Crippen molar-refractivity contribution in [2.45, 2.75) is 39.8 Å². The smallest absolute Gasteiger partial charge is 0.181 e. The van der Waals surface area contributed by atoms with Crippen LogP contribution in [0.4, 0.5) is 25.3 Å². The van der Waals surface area contributed by atoms with Crippen molar-refractivity contribution >= 4 is 33.7 Å². The molecule has 1 saturated heterocycles. The van der Waals surface area contributed by atoms with Gasteiger partial charge in [-0.2, -0.15) is 9.47 Å². The van der Waals surface area contributed by atoms with E-state index in [-0.39, 0.29) is 5.69 Å². The monoisotopic (exact) mass is 563 g/mol. The lowest BCUT2D eigenvalue weighted by Crippen LogP contribution is -2.33. The summed E-state index contributed by atoms with van der Waals surface area (Å²) in [5.41, 5.74) is 4.51. The molecule has 0 amide bonds. The Morgan fingerprint density at radius 1 is 1.18 bits per heavy atom. The third-order valence-electron chi connectivity index (χ3n) is 7.08. The molecule has 0 radical (unpaired) electrons. The molecule has 5 aromatic rings. The van der Waals surface area contributed by atoms with Gasteiger partial charge < -0.3 is 10.6 Å². The average molecular weight is 564 g/mol. The number of halogens is 2. The molecule has 1 fully saturated rings. The number of aromatic nitrogens is 6. The first-order chi connectivity index (χ1) is 19.4. The Bertz CT molecular complexity index is 1630. The molecule has 40 heavy (non-hydrogen) atoms. The van der Waals surface area contributed by atoms with Crippen molar-refractivity contribution in [3.05, 3.63) is 72.1 Å². The normalized spacial score (nSPS) is 16.1. The van der Waals surface area contributed by atoms with Gasteiger partial charge in [-0.05, 0) is 62.0 Å². The molecular formula is C28H31F2N9S. The van der Waals surface area contributed by atoms with Crippen molar-refractivity contribution in [3.8, 4) is 11.3 Å². The fraction of sp³-hybridized carbons (Fsp3) is 0.357. The second-order valence-corrected chi connectivity index (χ2v) is 11.2. The van der Waals surface area contributed by atoms with Gasteiger partial charge in [0.25, 0.3) is 0 Å². The Hall–Kier alpha value is -3.90. The van der Waals surface area contributed by atoms with Crippen LogP contribution in [0.25, 0.3) is 16.9 Å². The standard InChI is InChI=1S/C28H31F2N9S/c1-18-5-4-9-37(14-18)17-21-11-25(40-36-21)35-27-28-32-13-24(39(28)15-19(2)34-27)20-12-33-38(16-20)10-8-31-23-7-3-6-22(29)26(23)30/h3,6-7,11-13,15-16,18,31H,4-5,8-10,14,17H2,1-2H3,(H,34,35). The van der Waals surface area contributed by atoms with Crippen LogP contribution in [0, 0.1) is 24.5 Å². The van der Waals surface area contributed by atoms with E-state index in [4.69, 9.17) is 4.98 Å². The Balaban J connectivity index is 1.15. The van der Waals surface area contributed by atoms with Crippen molar-refractivity contribution in [1.29, 1.82) is 0 Å². The van der Waals surface area contributed by atoms with Crippen LogP contribution in [-0.2, 0) is 13.1 Å². The summed E-state index contributed by atoms with van der Waals surface area (Å²) in [6, 6.07) is 6.18. The number of likely N-dealkylation sites (tertiary alicyclic amines) is 1. The van der Waals surface area contributed by atoms with E-state index in [2.05, 4.69) is 43.0 Å². The minimum absolute atomic E-state index is 0.131. The fourth-order valence-corrected chi connectivity index (χ4v) is 5.85. The quantitative estimate of drug-likeness (QED) is 0.237. The Morgan fingerprint density at radius 2 is 2.08 bits per heavy atom. The molecular weight excluding hydrogens is 532 g/mol. The molecule has 208 valence electrons. The molecule has 1 aromatic carbocycles. The van der Waals surface area contributed by atoms with Crippen LogP contribution in [-0.4, -0.2) is 53.1 Å². The van der Waals surface area contributed by atoms with E-state index in [1.165, 1.54) is 36.5 Å². The summed E-state index contributed by atoms with van der Waals surface area (Å²) in [7, 11) is 0. The molecule has 1 unspecified atom stereocenters. The summed E-state index contributed by atoms with van der Waals surface area (Å²) in [5.74, 6) is -0.353. The number of imidazole rings is 1. The second-order valence-electron chi connectivity index (χ2n) is 10.4. The highest BCUT2D eigenvalue weighted by Crippen LogP contribution is 2.28. The molecule has 1 atom stereocenters. The van der Waals surface area contributed by atoms with E-state index in [0.29, 0.717) is 24.6 Å². The average Bonchev–Trinajstić information content (AvgIpc) is 3.67. The summed E-state index contributed by atoms with van der Waals surface area (Å²) >= 11 is 1.43. The van der Waals surface area contributed by atoms with E-state index >= 15 is 0 Å². The first-order valence-electron chi connectivity index (χ1n) is 13.4. The van der Waals surface area contributed by atoms with E-state index in [9.17, 15) is 8.78 Å². The highest BCUT2D eigenvalue weighted by atomic mass is 32.1. The largest absolute Gasteiger partial charge is 0.381 e. The number of piperidine rings is 1. The minimum atomic E-state index is -0.881. The predicted octanol–water partition coefficient (Wildman–Crippen LogP) is 5.72. The highest BCUT2D eigenvalue weighted by molar-refractivity contribution is 7.10. The van der Waals surface area contributed by atoms with Gasteiger partial charge in [0.2, 0.25) is 0 Å². The van der Waals surface area contributed by atoms with Crippen LogP contribution < -0.4 is 10.6 Å². The first kappa shape index (κ1) is 26.3. The maximum Gasteiger partial charge on any atom is 0.181 e. The summed E-state index contributed by atoms with van der Waals surface area (Å²) in [4.78, 5) is 11.9. The maximum atomic E-state index is 13.9. The van der Waals surface area contributed by atoms with Crippen LogP contribution in [0.2, 0.25) is 0 Å². The van der Waals surface area contributed by atoms with Gasteiger partial charge in [-0.15, -0.1) is 0 Å². The van der Waals surface area contributed by atoms with E-state index in [0.717, 1.165) is 59.3 Å². The number of nitrogens with one attached hydrogen (secondary N) is 2. The first-order valence-corrected chi connectivity index (χ1v) is 14.2. The van der Waals surface area contributed by atoms with E-state index in [1.54, 1.807) is 17.1 Å². The number of benzene rings is 1. The van der Waals surface area contributed by atoms with Crippen molar-refractivity contribution in [1.82, 2.24) is 33.4 Å². The van der Waals surface area contributed by atoms with Gasteiger partial charge in [0.15, 0.2) is 23.1 Å². The van der Waals surface area contributed by atoms with Crippen LogP contribution >= 0.6 is 11.5 Å². The summed E-state index contributed by atoms with van der Waals surface area (Å²) in [6.07, 6.45) is 9.98. The summed E-state index contributed by atoms with van der Waals surface area (Å²) in [6.45, 7) is 8.24. The van der Waals surface area contributed by atoms with E-state index < -0.39 is 11.6 Å². The number of hydrogen-bond donors (Lipinski definition) is 2. The number of nitrogens with zero attached hydrogens (tertiary/aromatic N) is 7. The molecule has 6 rings (SSSR count). The predicted molar refractivity (Wildman–Crippen MR) is 153 cm³/mol. The Kier molecular flexibility index (Phi) is 7.44. The second kappa shape index (κ2) is 11.3. The topological polar surface area (TPSA) is 88.2 Å². The third kappa shape index (κ3) is 5.68. The van der Waals surface area contributed by atoms with Gasteiger partial charge in [-0.25, -0.2) is 18.7 Å². The lowest BCUT2D eigenvalue weighted by molar-refractivity contribution is 0.175. The van der Waals surface area contributed by atoms with Crippen LogP contribution in [0.5, 0.6) is 0 Å². The minimum Gasteiger partial charge on any atom is -0.381 e. The molecule has 0 saturated carbocycles. The molecule has 9 nitrogen and oxygen atoms in total. The molecule has 5 heterocycles. The Labute approximate surface area is 235 Å². The summed E-state index contributed by atoms with van der Waals surface area (Å²) in [5, 5.41) is 11.7. The number of anilines is 3. The number of hydrogen-bond acceptors (Lipinski definition) is 8. The van der Waals surface area contributed by atoms with Gasteiger partial charge in [-0.1, -0.05) is 13.0 Å². The Morgan fingerprint density at radius 3 is 2.95 bits per heavy atom. The lowest BCUT2D eigenvalue weighted by Gasteiger charge is -2.30. The molecule has 0 bridgehead atoms. The molecule has 0 aliphatic carbocycles. The lowest BCUT2D eigenvalue weighted by atomic mass is 10.0. The molecule has 1 aliphatic heterocycles. The molecule has 12 heteroatoms. The van der Waals surface area contributed by atoms with Gasteiger partial charge in [0.1, 0.15) is 5.00 Å². The number of rotatable bonds is 9. The number of aryl methyl sites for hydroxylation is 1. The van der Waals surface area contributed by atoms with Gasteiger partial charge in [0, 0.05) is 37.6 Å². The number of fused-ring (bicyclic) bond motifs is 1. The SMILES string of the molecule is Cc1cn2c(-c3cnn(CCNc4cccc(F)c4F)c3)cnc2c(Nc2cc(CN3CCCC(C)C3)ns2)n1. The molecule has 2 N–H and O–H groups in total. The van der Waals surface area contributed by atoms with Crippen LogP contribution in [0.15, 0.2) is 49.1 Å².